The molecule has 3 aromatic rings. The molecular weight excluding hydrogens is 335 g/mol. The van der Waals surface area contributed by atoms with Gasteiger partial charge in [-0.25, -0.2) is 14.1 Å². The first-order valence-corrected chi connectivity index (χ1v) is 8.48. The second kappa shape index (κ2) is 6.59. The summed E-state index contributed by atoms with van der Waals surface area (Å²) in [5, 5.41) is 13.7. The van der Waals surface area contributed by atoms with E-state index in [4.69, 9.17) is 5.26 Å². The van der Waals surface area contributed by atoms with Crippen molar-refractivity contribution < 1.29 is 9.18 Å². The monoisotopic (exact) mass is 352 g/mol. The molecule has 1 aromatic carbocycles. The summed E-state index contributed by atoms with van der Waals surface area (Å²) in [6.45, 7) is 1.42. The third-order valence-electron chi connectivity index (χ3n) is 4.90. The van der Waals surface area contributed by atoms with Gasteiger partial charge in [-0.15, -0.1) is 5.10 Å². The van der Waals surface area contributed by atoms with E-state index in [1.165, 1.54) is 28.7 Å². The lowest BCUT2D eigenvalue weighted by Gasteiger charge is -2.32. The number of amides is 1. The molecule has 2 aromatic heterocycles. The predicted octanol–water partition coefficient (Wildman–Crippen LogP) is 2.18. The third kappa shape index (κ3) is 3.04. The summed E-state index contributed by atoms with van der Waals surface area (Å²) in [5.41, 5.74) is 1.99. The maximum atomic E-state index is 13.3. The van der Waals surface area contributed by atoms with Crippen LogP contribution in [0, 0.1) is 17.1 Å². The summed E-state index contributed by atoms with van der Waals surface area (Å²) in [6.07, 6.45) is 5.06. The molecule has 3 heterocycles. The number of H-pyrrole nitrogens is 1. The number of carbonyl (C=O) groups is 1. The highest BCUT2D eigenvalue weighted by atomic mass is 19.1. The van der Waals surface area contributed by atoms with Crippen molar-refractivity contribution in [2.75, 3.05) is 13.1 Å². The molecule has 1 amide bonds. The van der Waals surface area contributed by atoms with Gasteiger partial charge >= 0.3 is 0 Å². The van der Waals surface area contributed by atoms with E-state index in [0.717, 1.165) is 23.7 Å². The van der Waals surface area contributed by atoms with Gasteiger partial charge in [0.1, 0.15) is 24.8 Å². The molecule has 1 saturated heterocycles. The first-order valence-electron chi connectivity index (χ1n) is 8.48. The number of rotatable bonds is 3. The first kappa shape index (κ1) is 16.3. The fraction of sp³-hybridized carbons (Fsp3) is 0.333. The number of nitrogens with zero attached hydrogens (tertiary/aromatic N) is 5. The molecule has 132 valence electrons. The molecule has 0 radical (unpaired) electrons. The zero-order chi connectivity index (χ0) is 18.1. The van der Waals surface area contributed by atoms with Crippen molar-refractivity contribution >= 4 is 16.8 Å². The van der Waals surface area contributed by atoms with E-state index in [0.29, 0.717) is 19.0 Å². The maximum Gasteiger partial charge on any atom is 0.252 e. The molecule has 1 aliphatic rings. The molecule has 26 heavy (non-hydrogen) atoms. The van der Waals surface area contributed by atoms with Crippen molar-refractivity contribution in [3.05, 3.63) is 47.9 Å². The number of halogens is 1. The Morgan fingerprint density at radius 2 is 2.19 bits per heavy atom. The van der Waals surface area contributed by atoms with Crippen LogP contribution in [0.25, 0.3) is 10.9 Å². The van der Waals surface area contributed by atoms with Gasteiger partial charge in [0.15, 0.2) is 0 Å². The number of nitriles is 1. The Morgan fingerprint density at radius 1 is 1.38 bits per heavy atom. The van der Waals surface area contributed by atoms with Gasteiger partial charge in [0.25, 0.3) is 5.82 Å². The maximum absolute atomic E-state index is 13.3. The Morgan fingerprint density at radius 3 is 2.92 bits per heavy atom. The van der Waals surface area contributed by atoms with Gasteiger partial charge in [-0.1, -0.05) is 0 Å². The molecule has 8 heteroatoms. The number of aromatic nitrogens is 4. The summed E-state index contributed by atoms with van der Waals surface area (Å²) in [5.74, 6) is 0.125. The van der Waals surface area contributed by atoms with Gasteiger partial charge in [-0.2, -0.15) is 5.26 Å². The fourth-order valence-corrected chi connectivity index (χ4v) is 3.56. The topological polar surface area (TPSA) is 90.6 Å². The Kier molecular flexibility index (Phi) is 4.13. The molecular formula is C18H17FN6O. The van der Waals surface area contributed by atoms with Crippen molar-refractivity contribution in [3.63, 3.8) is 0 Å². The second-order valence-electron chi connectivity index (χ2n) is 6.47. The molecule has 4 rings (SSSR count). The predicted molar refractivity (Wildman–Crippen MR) is 91.5 cm³/mol. The van der Waals surface area contributed by atoms with Crippen molar-refractivity contribution in [1.82, 2.24) is 24.6 Å². The number of fused-ring (bicyclic) bond motifs is 1. The number of aromatic amines is 1. The van der Waals surface area contributed by atoms with Crippen LogP contribution in [0.5, 0.6) is 0 Å². The highest BCUT2D eigenvalue weighted by molar-refractivity contribution is 5.84. The summed E-state index contributed by atoms with van der Waals surface area (Å²) < 4.78 is 14.7. The molecule has 1 aliphatic heterocycles. The molecule has 1 fully saturated rings. The Hall–Kier alpha value is -3.21. The quantitative estimate of drug-likeness (QED) is 0.782. The molecule has 0 atom stereocenters. The van der Waals surface area contributed by atoms with Crippen LogP contribution in [0.1, 0.15) is 30.1 Å². The van der Waals surface area contributed by atoms with Gasteiger partial charge in [0, 0.05) is 30.2 Å². The summed E-state index contributed by atoms with van der Waals surface area (Å²) in [4.78, 5) is 21.2. The highest BCUT2D eigenvalue weighted by Gasteiger charge is 2.25. The third-order valence-corrected chi connectivity index (χ3v) is 4.90. The zero-order valence-corrected chi connectivity index (χ0v) is 14.0. The smallest absolute Gasteiger partial charge is 0.252 e. The van der Waals surface area contributed by atoms with Gasteiger partial charge in [-0.3, -0.25) is 4.79 Å². The largest absolute Gasteiger partial charge is 0.361 e. The second-order valence-corrected chi connectivity index (χ2v) is 6.47. The Bertz CT molecular complexity index is 993. The van der Waals surface area contributed by atoms with E-state index >= 15 is 0 Å². The lowest BCUT2D eigenvalue weighted by Crippen LogP contribution is -2.39. The lowest BCUT2D eigenvalue weighted by atomic mass is 9.89. The minimum Gasteiger partial charge on any atom is -0.361 e. The lowest BCUT2D eigenvalue weighted by molar-refractivity contribution is -0.133. The standard InChI is InChI=1S/C18H17FN6O/c19-13-1-2-14-15(9-21-16(14)7-13)12-3-5-24(6-4-12)18(26)10-25-11-22-17(8-20)23-25/h1-2,7,9,11-12,21H,3-6,10H2. The van der Waals surface area contributed by atoms with Gasteiger partial charge in [0.2, 0.25) is 5.91 Å². The SMILES string of the molecule is N#Cc1ncn(CC(=O)N2CCC(c3c[nH]c4cc(F)ccc34)CC2)n1. The van der Waals surface area contributed by atoms with E-state index < -0.39 is 0 Å². The van der Waals surface area contributed by atoms with Crippen LogP contribution in [0.3, 0.4) is 0 Å². The number of hydrogen-bond acceptors (Lipinski definition) is 4. The minimum absolute atomic E-state index is 0.0289. The number of hydrogen-bond donors (Lipinski definition) is 1. The molecule has 0 spiro atoms. The number of piperidine rings is 1. The van der Waals surface area contributed by atoms with Crippen LogP contribution < -0.4 is 0 Å². The van der Waals surface area contributed by atoms with E-state index in [-0.39, 0.29) is 24.1 Å². The Balaban J connectivity index is 1.40. The van der Waals surface area contributed by atoms with E-state index in [9.17, 15) is 9.18 Å². The number of benzene rings is 1. The molecule has 0 bridgehead atoms. The average Bonchev–Trinajstić information content (AvgIpc) is 3.28. The first-order chi connectivity index (χ1) is 12.6. The highest BCUT2D eigenvalue weighted by Crippen LogP contribution is 2.33. The molecule has 0 saturated carbocycles. The van der Waals surface area contributed by atoms with Crippen LogP contribution >= 0.6 is 0 Å². The van der Waals surface area contributed by atoms with Gasteiger partial charge in [-0.05, 0) is 42.5 Å². The van der Waals surface area contributed by atoms with E-state index in [1.54, 1.807) is 0 Å². The van der Waals surface area contributed by atoms with Crippen LogP contribution in [0.4, 0.5) is 4.39 Å². The van der Waals surface area contributed by atoms with E-state index in [2.05, 4.69) is 15.1 Å². The molecule has 0 aliphatic carbocycles. The van der Waals surface area contributed by atoms with Crippen molar-refractivity contribution in [3.8, 4) is 6.07 Å². The summed E-state index contributed by atoms with van der Waals surface area (Å²) in [7, 11) is 0. The normalized spacial score (nSPS) is 15.3. The number of likely N-dealkylation sites (tertiary alicyclic amines) is 1. The molecule has 7 nitrogen and oxygen atoms in total. The zero-order valence-electron chi connectivity index (χ0n) is 14.0. The minimum atomic E-state index is -0.251. The van der Waals surface area contributed by atoms with E-state index in [1.807, 2.05) is 23.2 Å². The molecule has 0 unspecified atom stereocenters. The van der Waals surface area contributed by atoms with Crippen molar-refractivity contribution in [1.29, 1.82) is 5.26 Å². The number of nitrogens with one attached hydrogen (secondary N) is 1. The van der Waals surface area contributed by atoms with Crippen LogP contribution in [-0.4, -0.2) is 43.6 Å². The van der Waals surface area contributed by atoms with Gasteiger partial charge in [0.05, 0.1) is 0 Å². The van der Waals surface area contributed by atoms with Crippen molar-refractivity contribution in [2.24, 2.45) is 0 Å². The van der Waals surface area contributed by atoms with Crippen LogP contribution in [0.2, 0.25) is 0 Å². The summed E-state index contributed by atoms with van der Waals surface area (Å²) in [6, 6.07) is 6.64. The van der Waals surface area contributed by atoms with Crippen molar-refractivity contribution in [2.45, 2.75) is 25.3 Å². The average molecular weight is 352 g/mol. The molecule has 1 N–H and O–H groups in total. The summed E-state index contributed by atoms with van der Waals surface area (Å²) >= 11 is 0. The van der Waals surface area contributed by atoms with Crippen LogP contribution in [0.15, 0.2) is 30.7 Å². The Labute approximate surface area is 149 Å². The van der Waals surface area contributed by atoms with Gasteiger partial charge < -0.3 is 9.88 Å². The van der Waals surface area contributed by atoms with Crippen LogP contribution in [-0.2, 0) is 11.3 Å². The number of carbonyl (C=O) groups excluding carboxylic acids is 1. The fourth-order valence-electron chi connectivity index (χ4n) is 3.56.